The Labute approximate surface area is 242 Å². The third-order valence-corrected chi connectivity index (χ3v) is 8.56. The van der Waals surface area contributed by atoms with Crippen molar-refractivity contribution in [3.63, 3.8) is 0 Å². The van der Waals surface area contributed by atoms with Crippen LogP contribution in [0, 0.1) is 0 Å². The van der Waals surface area contributed by atoms with Gasteiger partial charge in [0.05, 0.1) is 12.1 Å². The second-order valence-electron chi connectivity index (χ2n) is 12.7. The molecule has 0 atom stereocenters. The molecule has 0 bridgehead atoms. The van der Waals surface area contributed by atoms with Crippen molar-refractivity contribution in [2.45, 2.75) is 91.1 Å². The van der Waals surface area contributed by atoms with Crippen molar-refractivity contribution >= 4 is 11.4 Å². The van der Waals surface area contributed by atoms with Crippen LogP contribution in [0.3, 0.4) is 0 Å². The first-order valence-corrected chi connectivity index (χ1v) is 15.1. The molecule has 0 fully saturated rings. The molecule has 2 nitrogen and oxygen atoms in total. The van der Waals surface area contributed by atoms with E-state index in [1.807, 2.05) is 0 Å². The van der Waals surface area contributed by atoms with E-state index >= 15 is 0 Å². The molecule has 2 heteroatoms. The Balaban J connectivity index is 1.67. The van der Waals surface area contributed by atoms with Crippen molar-refractivity contribution in [1.82, 2.24) is 0 Å². The van der Waals surface area contributed by atoms with Gasteiger partial charge >= 0.3 is 0 Å². The van der Waals surface area contributed by atoms with E-state index in [2.05, 4.69) is 151 Å². The lowest BCUT2D eigenvalue weighted by atomic mass is 9.78. The molecule has 1 aliphatic rings. The Hall–Kier alpha value is -3.52. The first-order valence-electron chi connectivity index (χ1n) is 15.1. The molecule has 4 aromatic rings. The largest absolute Gasteiger partial charge is 0.374 e. The van der Waals surface area contributed by atoms with Crippen LogP contribution in [0.5, 0.6) is 0 Å². The predicted molar refractivity (Wildman–Crippen MR) is 173 cm³/mol. The van der Waals surface area contributed by atoms with E-state index < -0.39 is 0 Å². The van der Waals surface area contributed by atoms with Crippen LogP contribution in [-0.2, 0) is 0 Å². The predicted octanol–water partition coefficient (Wildman–Crippen LogP) is 10.9. The average molecular weight is 531 g/mol. The second-order valence-corrected chi connectivity index (χ2v) is 12.7. The monoisotopic (exact) mass is 530 g/mol. The summed E-state index contributed by atoms with van der Waals surface area (Å²) in [5, 5.41) is 8.22. The number of rotatable bonds is 8. The Morgan fingerprint density at radius 3 is 0.850 bits per heavy atom. The standard InChI is InChI=1S/C38H46N2/c1-23(2)27-19-13-20-28(24(3)4)35(27)39-37-31-15-9-11-17-33(31)38(34-18-12-10-16-32(34)37)40-36-29(25(5)6)21-14-22-30(36)26(7)8/h9-26,37-40H,1-8H3. The third kappa shape index (κ3) is 5.17. The van der Waals surface area contributed by atoms with Crippen LogP contribution in [0.15, 0.2) is 84.9 Å². The zero-order chi connectivity index (χ0) is 28.6. The first-order chi connectivity index (χ1) is 19.2. The molecule has 2 N–H and O–H groups in total. The van der Waals surface area contributed by atoms with Crippen molar-refractivity contribution in [2.24, 2.45) is 0 Å². The van der Waals surface area contributed by atoms with Gasteiger partial charge in [-0.25, -0.2) is 0 Å². The van der Waals surface area contributed by atoms with Crippen LogP contribution in [0.25, 0.3) is 0 Å². The Kier molecular flexibility index (Phi) is 8.08. The Morgan fingerprint density at radius 2 is 0.625 bits per heavy atom. The van der Waals surface area contributed by atoms with Gasteiger partial charge in [-0.2, -0.15) is 0 Å². The summed E-state index contributed by atoms with van der Waals surface area (Å²) in [7, 11) is 0. The topological polar surface area (TPSA) is 24.1 Å². The lowest BCUT2D eigenvalue weighted by molar-refractivity contribution is 0.765. The zero-order valence-electron chi connectivity index (χ0n) is 25.5. The molecular weight excluding hydrogens is 484 g/mol. The zero-order valence-corrected chi connectivity index (χ0v) is 25.5. The van der Waals surface area contributed by atoms with Gasteiger partial charge in [-0.1, -0.05) is 140 Å². The number of anilines is 2. The highest BCUT2D eigenvalue weighted by Crippen LogP contribution is 2.47. The van der Waals surface area contributed by atoms with Crippen molar-refractivity contribution < 1.29 is 0 Å². The fraction of sp³-hybridized carbons (Fsp3) is 0.368. The van der Waals surface area contributed by atoms with E-state index in [4.69, 9.17) is 0 Å². The van der Waals surface area contributed by atoms with E-state index in [9.17, 15) is 0 Å². The van der Waals surface area contributed by atoms with Crippen LogP contribution in [0.4, 0.5) is 11.4 Å². The fourth-order valence-corrected chi connectivity index (χ4v) is 6.44. The molecule has 1 aliphatic carbocycles. The van der Waals surface area contributed by atoms with Crippen LogP contribution in [0.1, 0.15) is 136 Å². The molecule has 0 spiro atoms. The average Bonchev–Trinajstić information content (AvgIpc) is 2.94. The minimum atomic E-state index is 0.0766. The van der Waals surface area contributed by atoms with Gasteiger partial charge in [-0.05, 0) is 68.2 Å². The summed E-state index contributed by atoms with van der Waals surface area (Å²) in [6.07, 6.45) is 0. The second kappa shape index (κ2) is 11.5. The molecular formula is C38H46N2. The van der Waals surface area contributed by atoms with E-state index in [-0.39, 0.29) is 12.1 Å². The fourth-order valence-electron chi connectivity index (χ4n) is 6.44. The summed E-state index contributed by atoms with van der Waals surface area (Å²) >= 11 is 0. The van der Waals surface area contributed by atoms with Gasteiger partial charge in [0.25, 0.3) is 0 Å². The molecule has 5 rings (SSSR count). The van der Waals surface area contributed by atoms with E-state index in [1.54, 1.807) is 0 Å². The van der Waals surface area contributed by atoms with Gasteiger partial charge in [0, 0.05) is 11.4 Å². The van der Waals surface area contributed by atoms with Gasteiger partial charge < -0.3 is 10.6 Å². The maximum Gasteiger partial charge on any atom is 0.0774 e. The number of para-hydroxylation sites is 2. The molecule has 0 heterocycles. The molecule has 4 aromatic carbocycles. The van der Waals surface area contributed by atoms with E-state index in [1.165, 1.54) is 55.9 Å². The summed E-state index contributed by atoms with van der Waals surface area (Å²) in [6, 6.07) is 31.8. The van der Waals surface area contributed by atoms with Gasteiger partial charge in [0.2, 0.25) is 0 Å². The van der Waals surface area contributed by atoms with Crippen molar-refractivity contribution in [3.05, 3.63) is 129 Å². The first kappa shape index (κ1) is 28.0. The van der Waals surface area contributed by atoms with Gasteiger partial charge in [0.15, 0.2) is 0 Å². The number of hydrogen-bond donors (Lipinski definition) is 2. The van der Waals surface area contributed by atoms with Crippen LogP contribution >= 0.6 is 0 Å². The van der Waals surface area contributed by atoms with Crippen LogP contribution in [-0.4, -0.2) is 0 Å². The molecule has 208 valence electrons. The SMILES string of the molecule is CC(C)c1cccc(C(C)C)c1NC1c2ccccc2C(Nc2c(C(C)C)cccc2C(C)C)c2ccccc21. The maximum atomic E-state index is 4.11. The summed E-state index contributed by atoms with van der Waals surface area (Å²) in [5.74, 6) is 1.75. The van der Waals surface area contributed by atoms with Crippen molar-refractivity contribution in [1.29, 1.82) is 0 Å². The quantitative estimate of drug-likeness (QED) is 0.237. The summed E-state index contributed by atoms with van der Waals surface area (Å²) in [4.78, 5) is 0. The number of fused-ring (bicyclic) bond motifs is 2. The maximum absolute atomic E-state index is 4.11. The smallest absolute Gasteiger partial charge is 0.0774 e. The molecule has 0 aliphatic heterocycles. The lowest BCUT2D eigenvalue weighted by Crippen LogP contribution is -2.28. The molecule has 0 saturated heterocycles. The number of benzene rings is 4. The van der Waals surface area contributed by atoms with Gasteiger partial charge in [0.1, 0.15) is 0 Å². The van der Waals surface area contributed by atoms with E-state index in [0.717, 1.165) is 0 Å². The molecule has 0 aromatic heterocycles. The van der Waals surface area contributed by atoms with Crippen LogP contribution in [0.2, 0.25) is 0 Å². The van der Waals surface area contributed by atoms with E-state index in [0.29, 0.717) is 23.7 Å². The molecule has 40 heavy (non-hydrogen) atoms. The van der Waals surface area contributed by atoms with Gasteiger partial charge in [-0.3, -0.25) is 0 Å². The number of hydrogen-bond acceptors (Lipinski definition) is 2. The minimum absolute atomic E-state index is 0.0766. The molecule has 0 radical (unpaired) electrons. The molecule has 0 amide bonds. The highest BCUT2D eigenvalue weighted by Gasteiger charge is 2.33. The highest BCUT2D eigenvalue weighted by molar-refractivity contribution is 5.68. The molecule has 0 unspecified atom stereocenters. The Bertz CT molecular complexity index is 1270. The normalized spacial score (nSPS) is 16.4. The third-order valence-electron chi connectivity index (χ3n) is 8.56. The van der Waals surface area contributed by atoms with Crippen molar-refractivity contribution in [3.8, 4) is 0 Å². The minimum Gasteiger partial charge on any atom is -0.374 e. The summed E-state index contributed by atoms with van der Waals surface area (Å²) < 4.78 is 0. The lowest BCUT2D eigenvalue weighted by Gasteiger charge is -2.38. The summed E-state index contributed by atoms with van der Waals surface area (Å²) in [5.41, 5.74) is 13.5. The summed E-state index contributed by atoms with van der Waals surface area (Å²) in [6.45, 7) is 18.4. The van der Waals surface area contributed by atoms with Crippen LogP contribution < -0.4 is 10.6 Å². The van der Waals surface area contributed by atoms with Crippen molar-refractivity contribution in [2.75, 3.05) is 10.6 Å². The number of nitrogens with one attached hydrogen (secondary N) is 2. The Morgan fingerprint density at radius 1 is 0.375 bits per heavy atom. The highest BCUT2D eigenvalue weighted by atomic mass is 15.0. The molecule has 0 saturated carbocycles. The van der Waals surface area contributed by atoms with Gasteiger partial charge in [-0.15, -0.1) is 0 Å².